The molecule has 1 aromatic heterocycles. The lowest BCUT2D eigenvalue weighted by molar-refractivity contribution is -0.144. The van der Waals surface area contributed by atoms with E-state index in [1.165, 1.54) is 6.07 Å². The lowest BCUT2D eigenvalue weighted by Gasteiger charge is -2.39. The van der Waals surface area contributed by atoms with Crippen molar-refractivity contribution in [1.82, 2.24) is 9.97 Å². The second-order valence-electron chi connectivity index (χ2n) is 5.75. The number of hydrogen-bond acceptors (Lipinski definition) is 5. The van der Waals surface area contributed by atoms with Crippen molar-refractivity contribution in [2.24, 2.45) is 5.92 Å². The number of anilines is 2. The Bertz CT molecular complexity index is 499. The first kappa shape index (κ1) is 15.8. The summed E-state index contributed by atoms with van der Waals surface area (Å²) in [6.07, 6.45) is -1.49. The molecule has 0 bridgehead atoms. The quantitative estimate of drug-likeness (QED) is 0.798. The molecule has 1 heterocycles. The number of nitrogens with zero attached hydrogens (tertiary/aromatic N) is 2. The van der Waals surface area contributed by atoms with Gasteiger partial charge in [-0.2, -0.15) is 13.2 Å². The van der Waals surface area contributed by atoms with Crippen LogP contribution in [-0.4, -0.2) is 27.2 Å². The monoisotopic (exact) mass is 304 g/mol. The minimum absolute atomic E-state index is 0.00146. The van der Waals surface area contributed by atoms with Crippen molar-refractivity contribution < 1.29 is 18.3 Å². The summed E-state index contributed by atoms with van der Waals surface area (Å²) in [6, 6.07) is 1.25. The lowest BCUT2D eigenvalue weighted by Crippen LogP contribution is -2.45. The Labute approximate surface area is 120 Å². The first-order chi connectivity index (χ1) is 9.74. The predicted octanol–water partition coefficient (Wildman–Crippen LogP) is 2.43. The Balaban J connectivity index is 2.24. The number of alkyl halides is 3. The van der Waals surface area contributed by atoms with E-state index in [0.29, 0.717) is 18.8 Å². The van der Waals surface area contributed by atoms with Gasteiger partial charge in [-0.15, -0.1) is 0 Å². The van der Waals surface area contributed by atoms with E-state index in [2.05, 4.69) is 22.2 Å². The maximum atomic E-state index is 12.7. The van der Waals surface area contributed by atoms with Gasteiger partial charge in [-0.1, -0.05) is 6.92 Å². The third-order valence-corrected chi connectivity index (χ3v) is 3.93. The molecule has 0 atom stereocenters. The number of aliphatic hydroxyl groups is 1. The summed E-state index contributed by atoms with van der Waals surface area (Å²) in [5.74, 6) is -0.981. The zero-order valence-electron chi connectivity index (χ0n) is 11.7. The van der Waals surface area contributed by atoms with Crippen LogP contribution in [-0.2, 0) is 6.18 Å². The largest absolute Gasteiger partial charge is 0.451 e. The van der Waals surface area contributed by atoms with Gasteiger partial charge in [0.15, 0.2) is 0 Å². The van der Waals surface area contributed by atoms with Crippen molar-refractivity contribution in [3.8, 4) is 0 Å². The topological polar surface area (TPSA) is 84.1 Å². The van der Waals surface area contributed by atoms with E-state index in [1.807, 2.05) is 0 Å². The van der Waals surface area contributed by atoms with Crippen LogP contribution in [0.15, 0.2) is 6.07 Å². The number of nitrogens with two attached hydrogens (primary N) is 1. The fraction of sp³-hybridized carbons (Fsp3) is 0.692. The normalized spacial score (nSPS) is 26.6. The molecular formula is C13H19F3N4O. The van der Waals surface area contributed by atoms with E-state index in [0.717, 1.165) is 12.8 Å². The molecule has 0 saturated heterocycles. The van der Waals surface area contributed by atoms with Crippen LogP contribution < -0.4 is 11.1 Å². The van der Waals surface area contributed by atoms with Gasteiger partial charge in [0.1, 0.15) is 11.6 Å². The van der Waals surface area contributed by atoms with Crippen molar-refractivity contribution in [2.45, 2.75) is 44.3 Å². The van der Waals surface area contributed by atoms with E-state index < -0.39 is 17.5 Å². The smallest absolute Gasteiger partial charge is 0.394 e. The molecule has 1 fully saturated rings. The molecule has 0 aromatic carbocycles. The third-order valence-electron chi connectivity index (χ3n) is 3.93. The van der Waals surface area contributed by atoms with Gasteiger partial charge in [0.2, 0.25) is 5.82 Å². The molecule has 2 rings (SSSR count). The summed E-state index contributed by atoms with van der Waals surface area (Å²) < 4.78 is 38.1. The molecule has 0 aliphatic heterocycles. The van der Waals surface area contributed by atoms with E-state index in [4.69, 9.17) is 5.73 Å². The molecule has 5 nitrogen and oxygen atoms in total. The standard InChI is InChI=1S/C13H19F3N4O/c1-8-2-4-12(7-21,5-3-8)20-10-6-9(17)18-11(19-10)13(14,15)16/h6,8,21H,2-5,7H2,1H3,(H3,17,18,19,20). The Hall–Kier alpha value is -1.57. The Kier molecular flexibility index (Phi) is 4.27. The van der Waals surface area contributed by atoms with Gasteiger partial charge in [-0.3, -0.25) is 0 Å². The van der Waals surface area contributed by atoms with Crippen LogP contribution in [0.2, 0.25) is 0 Å². The molecule has 0 radical (unpaired) electrons. The summed E-state index contributed by atoms with van der Waals surface area (Å²) in [4.78, 5) is 6.67. The number of hydrogen-bond donors (Lipinski definition) is 3. The van der Waals surface area contributed by atoms with Crippen LogP contribution in [0.3, 0.4) is 0 Å². The van der Waals surface area contributed by atoms with Gasteiger partial charge < -0.3 is 16.2 Å². The van der Waals surface area contributed by atoms with Crippen LogP contribution in [0.5, 0.6) is 0 Å². The number of nitrogens with one attached hydrogen (secondary N) is 1. The van der Waals surface area contributed by atoms with Crippen LogP contribution in [0.1, 0.15) is 38.4 Å². The minimum Gasteiger partial charge on any atom is -0.394 e. The zero-order chi connectivity index (χ0) is 15.7. The summed E-state index contributed by atoms with van der Waals surface area (Å²) in [6.45, 7) is 1.96. The zero-order valence-corrected chi connectivity index (χ0v) is 11.7. The number of aromatic nitrogens is 2. The van der Waals surface area contributed by atoms with Crippen molar-refractivity contribution in [1.29, 1.82) is 0 Å². The maximum absolute atomic E-state index is 12.7. The first-order valence-corrected chi connectivity index (χ1v) is 6.85. The second-order valence-corrected chi connectivity index (χ2v) is 5.75. The van der Waals surface area contributed by atoms with E-state index in [-0.39, 0.29) is 18.2 Å². The van der Waals surface area contributed by atoms with Gasteiger partial charge in [0, 0.05) is 6.07 Å². The highest BCUT2D eigenvalue weighted by Crippen LogP contribution is 2.35. The summed E-state index contributed by atoms with van der Waals surface area (Å²) in [5.41, 5.74) is 4.77. The molecule has 1 saturated carbocycles. The highest BCUT2D eigenvalue weighted by molar-refractivity contribution is 5.47. The van der Waals surface area contributed by atoms with Crippen molar-refractivity contribution in [3.63, 3.8) is 0 Å². The van der Waals surface area contributed by atoms with Gasteiger partial charge in [-0.05, 0) is 31.6 Å². The number of rotatable bonds is 3. The summed E-state index contributed by atoms with van der Waals surface area (Å²) in [5, 5.41) is 12.6. The average molecular weight is 304 g/mol. The Morgan fingerprint density at radius 3 is 2.52 bits per heavy atom. The van der Waals surface area contributed by atoms with Crippen LogP contribution >= 0.6 is 0 Å². The fourth-order valence-electron chi connectivity index (χ4n) is 2.57. The fourth-order valence-corrected chi connectivity index (χ4v) is 2.57. The maximum Gasteiger partial charge on any atom is 0.451 e. The molecule has 1 aliphatic carbocycles. The van der Waals surface area contributed by atoms with E-state index >= 15 is 0 Å². The molecule has 4 N–H and O–H groups in total. The number of aliphatic hydroxyl groups excluding tert-OH is 1. The SMILES string of the molecule is CC1CCC(CO)(Nc2cc(N)nc(C(F)(F)F)n2)CC1. The van der Waals surface area contributed by atoms with E-state index in [9.17, 15) is 18.3 Å². The molecular weight excluding hydrogens is 285 g/mol. The van der Waals surface area contributed by atoms with Crippen LogP contribution in [0.4, 0.5) is 24.8 Å². The van der Waals surface area contributed by atoms with Crippen molar-refractivity contribution in [2.75, 3.05) is 17.7 Å². The van der Waals surface area contributed by atoms with Gasteiger partial charge in [-0.25, -0.2) is 9.97 Å². The molecule has 8 heteroatoms. The molecule has 0 unspecified atom stereocenters. The Morgan fingerprint density at radius 1 is 1.38 bits per heavy atom. The lowest BCUT2D eigenvalue weighted by atomic mass is 9.77. The molecule has 0 spiro atoms. The van der Waals surface area contributed by atoms with Gasteiger partial charge in [0.25, 0.3) is 0 Å². The van der Waals surface area contributed by atoms with Crippen molar-refractivity contribution >= 4 is 11.6 Å². The summed E-state index contributed by atoms with van der Waals surface area (Å²) in [7, 11) is 0. The second kappa shape index (κ2) is 5.67. The Morgan fingerprint density at radius 2 is 2.00 bits per heavy atom. The minimum atomic E-state index is -4.65. The molecule has 118 valence electrons. The van der Waals surface area contributed by atoms with E-state index in [1.54, 1.807) is 0 Å². The van der Waals surface area contributed by atoms with Gasteiger partial charge >= 0.3 is 6.18 Å². The van der Waals surface area contributed by atoms with Crippen LogP contribution in [0.25, 0.3) is 0 Å². The first-order valence-electron chi connectivity index (χ1n) is 6.85. The number of halogens is 3. The van der Waals surface area contributed by atoms with Gasteiger partial charge in [0.05, 0.1) is 12.1 Å². The number of nitrogen functional groups attached to an aromatic ring is 1. The molecule has 21 heavy (non-hydrogen) atoms. The highest BCUT2D eigenvalue weighted by Gasteiger charge is 2.37. The van der Waals surface area contributed by atoms with Crippen molar-refractivity contribution in [3.05, 3.63) is 11.9 Å². The predicted molar refractivity (Wildman–Crippen MR) is 72.5 cm³/mol. The third kappa shape index (κ3) is 3.75. The average Bonchev–Trinajstić information content (AvgIpc) is 2.40. The molecule has 1 aromatic rings. The molecule has 0 amide bonds. The highest BCUT2D eigenvalue weighted by atomic mass is 19.4. The molecule has 1 aliphatic rings. The summed E-state index contributed by atoms with van der Waals surface area (Å²) >= 11 is 0. The van der Waals surface area contributed by atoms with Crippen LogP contribution in [0, 0.1) is 5.92 Å².